The summed E-state index contributed by atoms with van der Waals surface area (Å²) in [5.74, 6) is 5.32. The molecule has 2 heterocycles. The van der Waals surface area contributed by atoms with Crippen molar-refractivity contribution in [3.05, 3.63) is 12.4 Å². The molecular formula is C12H19N5O3. The Labute approximate surface area is 116 Å². The van der Waals surface area contributed by atoms with Crippen LogP contribution in [0.1, 0.15) is 12.8 Å². The third-order valence-corrected chi connectivity index (χ3v) is 3.40. The minimum atomic E-state index is -0.163. The number of hydrogen-bond donors (Lipinski definition) is 2. The van der Waals surface area contributed by atoms with Gasteiger partial charge in [-0.3, -0.25) is 19.7 Å². The van der Waals surface area contributed by atoms with Crippen LogP contribution in [0.2, 0.25) is 0 Å². The molecule has 8 heteroatoms. The molecule has 0 radical (unpaired) electrons. The van der Waals surface area contributed by atoms with E-state index in [9.17, 15) is 9.59 Å². The third kappa shape index (κ3) is 3.47. The minimum absolute atomic E-state index is 0.0144. The number of rotatable bonds is 4. The molecule has 1 fully saturated rings. The minimum Gasteiger partial charge on any atom is -0.480 e. The number of nitrogens with one attached hydrogen (secondary N) is 1. The Morgan fingerprint density at radius 3 is 2.75 bits per heavy atom. The monoisotopic (exact) mass is 281 g/mol. The highest BCUT2D eigenvalue weighted by Crippen LogP contribution is 2.17. The van der Waals surface area contributed by atoms with Crippen LogP contribution >= 0.6 is 0 Å². The third-order valence-electron chi connectivity index (χ3n) is 3.40. The van der Waals surface area contributed by atoms with Gasteiger partial charge in [-0.15, -0.1) is 0 Å². The summed E-state index contributed by atoms with van der Waals surface area (Å²) in [6, 6.07) is 0. The van der Waals surface area contributed by atoms with Crippen molar-refractivity contribution in [2.45, 2.75) is 12.8 Å². The average molecular weight is 281 g/mol. The summed E-state index contributed by atoms with van der Waals surface area (Å²) in [7, 11) is 1.78. The lowest BCUT2D eigenvalue weighted by Crippen LogP contribution is -2.45. The van der Waals surface area contributed by atoms with Crippen molar-refractivity contribution in [3.8, 4) is 5.75 Å². The maximum atomic E-state index is 12.0. The molecule has 0 saturated carbocycles. The Bertz CT molecular complexity index is 479. The first-order valence-corrected chi connectivity index (χ1v) is 6.50. The fourth-order valence-electron chi connectivity index (χ4n) is 2.22. The molecule has 1 aliphatic rings. The average Bonchev–Trinajstić information content (AvgIpc) is 2.89. The number of ether oxygens (including phenoxy) is 1. The smallest absolute Gasteiger partial charge is 0.260 e. The van der Waals surface area contributed by atoms with E-state index in [0.717, 1.165) is 0 Å². The molecule has 1 aromatic rings. The Hall–Kier alpha value is -2.09. The molecule has 0 atom stereocenters. The predicted octanol–water partition coefficient (Wildman–Crippen LogP) is -0.973. The quantitative estimate of drug-likeness (QED) is 0.420. The van der Waals surface area contributed by atoms with E-state index in [0.29, 0.717) is 31.7 Å². The normalized spacial score (nSPS) is 16.0. The van der Waals surface area contributed by atoms with E-state index < -0.39 is 0 Å². The maximum absolute atomic E-state index is 12.0. The van der Waals surface area contributed by atoms with Crippen molar-refractivity contribution in [1.29, 1.82) is 0 Å². The van der Waals surface area contributed by atoms with Crippen LogP contribution in [0, 0.1) is 5.92 Å². The number of carbonyl (C=O) groups is 2. The van der Waals surface area contributed by atoms with Crippen molar-refractivity contribution >= 4 is 11.8 Å². The molecule has 1 aliphatic heterocycles. The molecule has 3 N–H and O–H groups in total. The zero-order valence-electron chi connectivity index (χ0n) is 11.4. The second-order valence-corrected chi connectivity index (χ2v) is 4.80. The Balaban J connectivity index is 1.76. The number of aryl methyl sites for hydroxylation is 1. The van der Waals surface area contributed by atoms with Crippen molar-refractivity contribution in [2.24, 2.45) is 18.8 Å². The van der Waals surface area contributed by atoms with Gasteiger partial charge >= 0.3 is 0 Å². The van der Waals surface area contributed by atoms with Crippen LogP contribution in [0.4, 0.5) is 0 Å². The van der Waals surface area contributed by atoms with Gasteiger partial charge in [0.15, 0.2) is 12.4 Å². The van der Waals surface area contributed by atoms with Gasteiger partial charge in [0.2, 0.25) is 5.91 Å². The molecule has 1 aromatic heterocycles. The van der Waals surface area contributed by atoms with E-state index in [1.54, 1.807) is 29.0 Å². The Morgan fingerprint density at radius 1 is 1.50 bits per heavy atom. The number of nitrogens with two attached hydrogens (primary N) is 1. The summed E-state index contributed by atoms with van der Waals surface area (Å²) >= 11 is 0. The first-order valence-electron chi connectivity index (χ1n) is 6.50. The molecule has 2 rings (SSSR count). The van der Waals surface area contributed by atoms with Crippen LogP contribution < -0.4 is 16.0 Å². The predicted molar refractivity (Wildman–Crippen MR) is 70.3 cm³/mol. The van der Waals surface area contributed by atoms with Crippen molar-refractivity contribution < 1.29 is 14.3 Å². The molecule has 0 aromatic carbocycles. The van der Waals surface area contributed by atoms with Crippen LogP contribution in [0.3, 0.4) is 0 Å². The maximum Gasteiger partial charge on any atom is 0.260 e. The van der Waals surface area contributed by atoms with Gasteiger partial charge in [0, 0.05) is 26.1 Å². The highest BCUT2D eigenvalue weighted by molar-refractivity contribution is 5.80. The zero-order chi connectivity index (χ0) is 14.5. The summed E-state index contributed by atoms with van der Waals surface area (Å²) in [4.78, 5) is 25.1. The number of aromatic nitrogens is 2. The van der Waals surface area contributed by atoms with Gasteiger partial charge in [-0.25, -0.2) is 5.84 Å². The number of hydrazine groups is 1. The van der Waals surface area contributed by atoms with Crippen LogP contribution in [0.5, 0.6) is 5.75 Å². The molecule has 2 amide bonds. The van der Waals surface area contributed by atoms with Gasteiger partial charge in [0.25, 0.3) is 5.91 Å². The van der Waals surface area contributed by atoms with E-state index in [4.69, 9.17) is 10.6 Å². The standard InChI is InChI=1S/C12H19N5O3/c1-16-7-10(6-14-16)20-8-11(18)17-4-2-9(3-5-17)12(19)15-13/h6-7,9H,2-5,8,13H2,1H3,(H,15,19). The van der Waals surface area contributed by atoms with Crippen LogP contribution in [0.25, 0.3) is 0 Å². The SMILES string of the molecule is Cn1cc(OCC(=O)N2CCC(C(=O)NN)CC2)cn1. The van der Waals surface area contributed by atoms with E-state index in [1.807, 2.05) is 0 Å². The highest BCUT2D eigenvalue weighted by atomic mass is 16.5. The van der Waals surface area contributed by atoms with E-state index in [-0.39, 0.29) is 24.3 Å². The van der Waals surface area contributed by atoms with Crippen LogP contribution in [-0.2, 0) is 16.6 Å². The lowest BCUT2D eigenvalue weighted by Gasteiger charge is -2.30. The highest BCUT2D eigenvalue weighted by Gasteiger charge is 2.26. The van der Waals surface area contributed by atoms with Crippen LogP contribution in [0.15, 0.2) is 12.4 Å². The van der Waals surface area contributed by atoms with Gasteiger partial charge in [0.05, 0.1) is 12.4 Å². The van der Waals surface area contributed by atoms with Crippen molar-refractivity contribution in [3.63, 3.8) is 0 Å². The van der Waals surface area contributed by atoms with Crippen molar-refractivity contribution in [2.75, 3.05) is 19.7 Å². The number of amides is 2. The summed E-state index contributed by atoms with van der Waals surface area (Å²) in [6.07, 6.45) is 4.51. The first kappa shape index (κ1) is 14.3. The lowest BCUT2D eigenvalue weighted by molar-refractivity contribution is -0.137. The van der Waals surface area contributed by atoms with Crippen molar-refractivity contribution in [1.82, 2.24) is 20.1 Å². The summed E-state index contributed by atoms with van der Waals surface area (Å²) in [5.41, 5.74) is 2.15. The number of hydrogen-bond acceptors (Lipinski definition) is 5. The molecular weight excluding hydrogens is 262 g/mol. The van der Waals surface area contributed by atoms with Gasteiger partial charge < -0.3 is 9.64 Å². The fourth-order valence-corrected chi connectivity index (χ4v) is 2.22. The fraction of sp³-hybridized carbons (Fsp3) is 0.583. The molecule has 0 aliphatic carbocycles. The summed E-state index contributed by atoms with van der Waals surface area (Å²) in [5, 5.41) is 3.96. The number of carbonyl (C=O) groups excluding carboxylic acids is 2. The van der Waals surface area contributed by atoms with E-state index >= 15 is 0 Å². The van der Waals surface area contributed by atoms with Crippen LogP contribution in [-0.4, -0.2) is 46.2 Å². The van der Waals surface area contributed by atoms with Gasteiger partial charge in [0.1, 0.15) is 0 Å². The molecule has 20 heavy (non-hydrogen) atoms. The van der Waals surface area contributed by atoms with Gasteiger partial charge in [-0.05, 0) is 12.8 Å². The molecule has 8 nitrogen and oxygen atoms in total. The van der Waals surface area contributed by atoms with Gasteiger partial charge in [-0.2, -0.15) is 5.10 Å². The molecule has 110 valence electrons. The Kier molecular flexibility index (Phi) is 4.57. The molecule has 0 unspecified atom stereocenters. The zero-order valence-corrected chi connectivity index (χ0v) is 11.4. The largest absolute Gasteiger partial charge is 0.480 e. The molecule has 0 bridgehead atoms. The first-order chi connectivity index (χ1) is 9.60. The van der Waals surface area contributed by atoms with E-state index in [1.165, 1.54) is 0 Å². The topological polar surface area (TPSA) is 102 Å². The lowest BCUT2D eigenvalue weighted by atomic mass is 9.96. The summed E-state index contributed by atoms with van der Waals surface area (Å²) in [6.45, 7) is 1.08. The number of likely N-dealkylation sites (tertiary alicyclic amines) is 1. The molecule has 1 saturated heterocycles. The Morgan fingerprint density at radius 2 is 2.20 bits per heavy atom. The number of nitrogens with zero attached hydrogens (tertiary/aromatic N) is 3. The molecule has 0 spiro atoms. The second-order valence-electron chi connectivity index (χ2n) is 4.80. The second kappa shape index (κ2) is 6.38. The van der Waals surface area contributed by atoms with E-state index in [2.05, 4.69) is 10.5 Å². The number of piperidine rings is 1. The summed E-state index contributed by atoms with van der Waals surface area (Å²) < 4.78 is 6.97. The van der Waals surface area contributed by atoms with Gasteiger partial charge in [-0.1, -0.05) is 0 Å².